The van der Waals surface area contributed by atoms with E-state index in [-0.39, 0.29) is 0 Å². The first-order valence-corrected chi connectivity index (χ1v) is 4.52. The average Bonchev–Trinajstić information content (AvgIpc) is 2.70. The maximum atomic E-state index is 4.37. The Balaban J connectivity index is 2.42. The lowest BCUT2D eigenvalue weighted by Gasteiger charge is -2.12. The summed E-state index contributed by atoms with van der Waals surface area (Å²) >= 11 is 0. The monoisotopic (exact) mass is 173 g/mol. The largest absolute Gasteiger partial charge is 0.373 e. The second-order valence-electron chi connectivity index (χ2n) is 3.54. The summed E-state index contributed by atoms with van der Waals surface area (Å²) in [7, 11) is 2.14. The van der Waals surface area contributed by atoms with Gasteiger partial charge >= 0.3 is 0 Å². The highest BCUT2D eigenvalue weighted by Gasteiger charge is 2.19. The number of hydrogen-bond acceptors (Lipinski definition) is 2. The first kappa shape index (κ1) is 6.95. The number of likely N-dealkylation sites (N-methyl/N-ethyl adjacent to an activating group) is 1. The molecule has 0 radical (unpaired) electrons. The SMILES string of the molecule is CN1CCc2cnc3[nH]ccc3c21. The van der Waals surface area contributed by atoms with E-state index in [0.717, 1.165) is 18.6 Å². The van der Waals surface area contributed by atoms with Crippen LogP contribution in [0.5, 0.6) is 0 Å². The Bertz CT molecular complexity index is 458. The Morgan fingerprint density at radius 1 is 1.54 bits per heavy atom. The summed E-state index contributed by atoms with van der Waals surface area (Å²) in [4.78, 5) is 9.80. The van der Waals surface area contributed by atoms with E-state index in [1.165, 1.54) is 16.6 Å². The lowest BCUT2D eigenvalue weighted by molar-refractivity contribution is 0.956. The third-order valence-electron chi connectivity index (χ3n) is 2.73. The zero-order valence-electron chi connectivity index (χ0n) is 7.54. The fourth-order valence-electron chi connectivity index (χ4n) is 2.07. The molecule has 0 unspecified atom stereocenters. The van der Waals surface area contributed by atoms with Crippen LogP contribution in [0, 0.1) is 0 Å². The molecule has 2 aromatic heterocycles. The van der Waals surface area contributed by atoms with E-state index in [0.29, 0.717) is 0 Å². The smallest absolute Gasteiger partial charge is 0.139 e. The topological polar surface area (TPSA) is 31.9 Å². The van der Waals surface area contributed by atoms with E-state index in [4.69, 9.17) is 0 Å². The zero-order valence-corrected chi connectivity index (χ0v) is 7.54. The summed E-state index contributed by atoms with van der Waals surface area (Å²) in [6, 6.07) is 2.10. The molecular formula is C10H11N3. The average molecular weight is 173 g/mol. The summed E-state index contributed by atoms with van der Waals surface area (Å²) in [5.41, 5.74) is 3.72. The molecule has 1 aliphatic rings. The predicted octanol–water partition coefficient (Wildman–Crippen LogP) is 1.56. The maximum absolute atomic E-state index is 4.37. The molecule has 3 heteroatoms. The molecule has 1 aliphatic heterocycles. The number of pyridine rings is 1. The van der Waals surface area contributed by atoms with Crippen LogP contribution in [0.4, 0.5) is 5.69 Å². The third-order valence-corrected chi connectivity index (χ3v) is 2.73. The van der Waals surface area contributed by atoms with Gasteiger partial charge in [0.2, 0.25) is 0 Å². The van der Waals surface area contributed by atoms with Gasteiger partial charge in [0.1, 0.15) is 5.65 Å². The summed E-state index contributed by atoms with van der Waals surface area (Å²) in [6.07, 6.45) is 5.06. The van der Waals surface area contributed by atoms with Crippen molar-refractivity contribution in [1.29, 1.82) is 0 Å². The van der Waals surface area contributed by atoms with Crippen LogP contribution in [0.1, 0.15) is 5.56 Å². The Hall–Kier alpha value is -1.51. The standard InChI is InChI=1S/C10H11N3/c1-13-5-3-7-6-12-10-8(9(7)13)2-4-11-10/h2,4,6H,3,5H2,1H3,(H,11,12). The summed E-state index contributed by atoms with van der Waals surface area (Å²) < 4.78 is 0. The molecule has 0 aromatic carbocycles. The number of nitrogens with one attached hydrogen (secondary N) is 1. The molecule has 0 saturated carbocycles. The zero-order chi connectivity index (χ0) is 8.84. The molecule has 0 aliphatic carbocycles. The first-order valence-electron chi connectivity index (χ1n) is 4.52. The highest BCUT2D eigenvalue weighted by Crippen LogP contribution is 2.32. The molecule has 0 fully saturated rings. The molecule has 66 valence electrons. The third kappa shape index (κ3) is 0.813. The van der Waals surface area contributed by atoms with Gasteiger partial charge < -0.3 is 9.88 Å². The molecule has 0 spiro atoms. The fourth-order valence-corrected chi connectivity index (χ4v) is 2.07. The van der Waals surface area contributed by atoms with Crippen LogP contribution in [0.3, 0.4) is 0 Å². The number of aromatic nitrogens is 2. The van der Waals surface area contributed by atoms with Crippen LogP contribution < -0.4 is 4.90 Å². The highest BCUT2D eigenvalue weighted by molar-refractivity contribution is 5.92. The Labute approximate surface area is 76.4 Å². The molecule has 13 heavy (non-hydrogen) atoms. The molecule has 0 atom stereocenters. The van der Waals surface area contributed by atoms with Gasteiger partial charge in [-0.25, -0.2) is 4.98 Å². The maximum Gasteiger partial charge on any atom is 0.139 e. The van der Waals surface area contributed by atoms with Crippen molar-refractivity contribution in [1.82, 2.24) is 9.97 Å². The summed E-state index contributed by atoms with van der Waals surface area (Å²) in [5.74, 6) is 0. The van der Waals surface area contributed by atoms with Gasteiger partial charge in [0.15, 0.2) is 0 Å². The molecule has 0 saturated heterocycles. The molecule has 1 N–H and O–H groups in total. The second kappa shape index (κ2) is 2.25. The minimum Gasteiger partial charge on any atom is -0.373 e. The molecule has 3 nitrogen and oxygen atoms in total. The number of H-pyrrole nitrogens is 1. The quantitative estimate of drug-likeness (QED) is 0.655. The van der Waals surface area contributed by atoms with Crippen LogP contribution in [0.25, 0.3) is 11.0 Å². The molecule has 3 heterocycles. The van der Waals surface area contributed by atoms with E-state index in [1.54, 1.807) is 0 Å². The van der Waals surface area contributed by atoms with E-state index < -0.39 is 0 Å². The van der Waals surface area contributed by atoms with E-state index in [2.05, 4.69) is 28.0 Å². The van der Waals surface area contributed by atoms with Crippen molar-refractivity contribution in [2.24, 2.45) is 0 Å². The molecule has 2 aromatic rings. The van der Waals surface area contributed by atoms with Crippen LogP contribution in [-0.4, -0.2) is 23.6 Å². The number of nitrogens with zero attached hydrogens (tertiary/aromatic N) is 2. The Kier molecular flexibility index (Phi) is 1.20. The number of aromatic amines is 1. The fraction of sp³-hybridized carbons (Fsp3) is 0.300. The number of anilines is 1. The van der Waals surface area contributed by atoms with Crippen LogP contribution in [-0.2, 0) is 6.42 Å². The van der Waals surface area contributed by atoms with Crippen LogP contribution in [0.15, 0.2) is 18.5 Å². The predicted molar refractivity (Wildman–Crippen MR) is 53.1 cm³/mol. The molecule has 0 bridgehead atoms. The van der Waals surface area contributed by atoms with Crippen molar-refractivity contribution in [2.75, 3.05) is 18.5 Å². The summed E-state index contributed by atoms with van der Waals surface area (Å²) in [6.45, 7) is 1.11. The van der Waals surface area contributed by atoms with Gasteiger partial charge in [0, 0.05) is 31.4 Å². The lowest BCUT2D eigenvalue weighted by Crippen LogP contribution is -2.12. The van der Waals surface area contributed by atoms with Crippen molar-refractivity contribution in [3.8, 4) is 0 Å². The number of hydrogen-bond donors (Lipinski definition) is 1. The van der Waals surface area contributed by atoms with Gasteiger partial charge in [0.05, 0.1) is 5.69 Å². The van der Waals surface area contributed by atoms with Gasteiger partial charge in [-0.1, -0.05) is 0 Å². The van der Waals surface area contributed by atoms with Gasteiger partial charge in [-0.3, -0.25) is 0 Å². The minimum atomic E-state index is 0.993. The molecular weight excluding hydrogens is 162 g/mol. The summed E-state index contributed by atoms with van der Waals surface area (Å²) in [5, 5.41) is 1.25. The van der Waals surface area contributed by atoms with E-state index >= 15 is 0 Å². The minimum absolute atomic E-state index is 0.993. The van der Waals surface area contributed by atoms with Gasteiger partial charge in [-0.2, -0.15) is 0 Å². The van der Waals surface area contributed by atoms with Gasteiger partial charge in [-0.05, 0) is 18.1 Å². The van der Waals surface area contributed by atoms with Crippen LogP contribution in [0.2, 0.25) is 0 Å². The van der Waals surface area contributed by atoms with E-state index in [1.807, 2.05) is 12.4 Å². The van der Waals surface area contributed by atoms with Crippen molar-refractivity contribution < 1.29 is 0 Å². The first-order chi connectivity index (χ1) is 6.36. The van der Waals surface area contributed by atoms with Crippen LogP contribution >= 0.6 is 0 Å². The van der Waals surface area contributed by atoms with Crippen molar-refractivity contribution >= 4 is 16.7 Å². The lowest BCUT2D eigenvalue weighted by atomic mass is 10.2. The van der Waals surface area contributed by atoms with Gasteiger partial charge in [0.25, 0.3) is 0 Å². The Morgan fingerprint density at radius 2 is 2.46 bits per heavy atom. The molecule has 0 amide bonds. The van der Waals surface area contributed by atoms with E-state index in [9.17, 15) is 0 Å². The van der Waals surface area contributed by atoms with Crippen molar-refractivity contribution in [2.45, 2.75) is 6.42 Å². The second-order valence-corrected chi connectivity index (χ2v) is 3.54. The molecule has 3 rings (SSSR count). The highest BCUT2D eigenvalue weighted by atomic mass is 15.1. The van der Waals surface area contributed by atoms with Crippen molar-refractivity contribution in [3.63, 3.8) is 0 Å². The normalized spacial score (nSPS) is 15.3. The van der Waals surface area contributed by atoms with Gasteiger partial charge in [-0.15, -0.1) is 0 Å². The van der Waals surface area contributed by atoms with Crippen molar-refractivity contribution in [3.05, 3.63) is 24.0 Å². The number of rotatable bonds is 0. The Morgan fingerprint density at radius 3 is 3.38 bits per heavy atom. The number of fused-ring (bicyclic) bond motifs is 3.